The molecule has 21 heavy (non-hydrogen) atoms. The standard InChI is InChI=1S/C14H22N4O3/c1-3-5-11(14(20)21)15-10-6-4-8-18(13(10)19)12-7-9-17(2)16-12/h7,9-11,15H,3-6,8H2,1-2H3,(H,20,21). The molecule has 0 spiro atoms. The number of hydrogen-bond donors (Lipinski definition) is 2. The molecule has 0 radical (unpaired) electrons. The average Bonchev–Trinajstić information content (AvgIpc) is 2.86. The maximum absolute atomic E-state index is 12.5. The Morgan fingerprint density at radius 3 is 2.95 bits per heavy atom. The van der Waals surface area contributed by atoms with Crippen molar-refractivity contribution in [1.29, 1.82) is 0 Å². The molecule has 2 atom stereocenters. The summed E-state index contributed by atoms with van der Waals surface area (Å²) in [7, 11) is 1.80. The first-order valence-corrected chi connectivity index (χ1v) is 7.32. The van der Waals surface area contributed by atoms with Gasteiger partial charge in [0, 0.05) is 25.9 Å². The van der Waals surface area contributed by atoms with Crippen LogP contribution in [-0.2, 0) is 16.6 Å². The average molecular weight is 294 g/mol. The molecule has 1 amide bonds. The van der Waals surface area contributed by atoms with Gasteiger partial charge in [-0.2, -0.15) is 5.10 Å². The molecule has 1 fully saturated rings. The number of aliphatic carboxylic acids is 1. The SMILES string of the molecule is CCCC(NC1CCCN(c2ccn(C)n2)C1=O)C(=O)O. The topological polar surface area (TPSA) is 87.5 Å². The Kier molecular flexibility index (Phi) is 4.95. The lowest BCUT2D eigenvalue weighted by Gasteiger charge is -2.32. The zero-order chi connectivity index (χ0) is 15.4. The highest BCUT2D eigenvalue weighted by Gasteiger charge is 2.33. The lowest BCUT2D eigenvalue weighted by Crippen LogP contribution is -2.55. The quantitative estimate of drug-likeness (QED) is 0.808. The van der Waals surface area contributed by atoms with Gasteiger partial charge < -0.3 is 5.11 Å². The first kappa shape index (κ1) is 15.5. The van der Waals surface area contributed by atoms with Crippen LogP contribution in [0, 0.1) is 0 Å². The van der Waals surface area contributed by atoms with Crippen LogP contribution in [0.5, 0.6) is 0 Å². The van der Waals surface area contributed by atoms with Gasteiger partial charge in [0.15, 0.2) is 5.82 Å². The normalized spacial score (nSPS) is 20.6. The van der Waals surface area contributed by atoms with Crippen LogP contribution in [0.3, 0.4) is 0 Å². The number of rotatable bonds is 6. The fraction of sp³-hybridized carbons (Fsp3) is 0.643. The monoisotopic (exact) mass is 294 g/mol. The largest absolute Gasteiger partial charge is 0.480 e. The molecular formula is C14H22N4O3. The molecule has 0 bridgehead atoms. The van der Waals surface area contributed by atoms with Crippen LogP contribution in [0.15, 0.2) is 12.3 Å². The summed E-state index contributed by atoms with van der Waals surface area (Å²) < 4.78 is 1.65. The molecule has 1 aliphatic rings. The van der Waals surface area contributed by atoms with Crippen LogP contribution in [0.25, 0.3) is 0 Å². The molecule has 2 unspecified atom stereocenters. The molecule has 116 valence electrons. The van der Waals surface area contributed by atoms with E-state index in [1.54, 1.807) is 28.9 Å². The predicted octanol–water partition coefficient (Wildman–Crippen LogP) is 0.758. The van der Waals surface area contributed by atoms with Crippen molar-refractivity contribution in [2.75, 3.05) is 11.4 Å². The van der Waals surface area contributed by atoms with Gasteiger partial charge in [0.2, 0.25) is 5.91 Å². The van der Waals surface area contributed by atoms with Crippen molar-refractivity contribution in [1.82, 2.24) is 15.1 Å². The molecule has 0 saturated carbocycles. The summed E-state index contributed by atoms with van der Waals surface area (Å²) >= 11 is 0. The summed E-state index contributed by atoms with van der Waals surface area (Å²) in [6, 6.07) is 0.669. The summed E-state index contributed by atoms with van der Waals surface area (Å²) in [5, 5.41) is 16.4. The highest BCUT2D eigenvalue weighted by molar-refractivity contribution is 5.97. The van der Waals surface area contributed by atoms with Crippen molar-refractivity contribution in [2.24, 2.45) is 7.05 Å². The number of anilines is 1. The van der Waals surface area contributed by atoms with Gasteiger partial charge in [-0.25, -0.2) is 0 Å². The maximum atomic E-state index is 12.5. The first-order chi connectivity index (χ1) is 10.0. The van der Waals surface area contributed by atoms with Gasteiger partial charge >= 0.3 is 5.97 Å². The zero-order valence-corrected chi connectivity index (χ0v) is 12.5. The number of hydrogen-bond acceptors (Lipinski definition) is 4. The van der Waals surface area contributed by atoms with Gasteiger partial charge in [-0.05, 0) is 19.3 Å². The van der Waals surface area contributed by atoms with Gasteiger partial charge in [-0.1, -0.05) is 13.3 Å². The third-order valence-electron chi connectivity index (χ3n) is 3.69. The Morgan fingerprint density at radius 2 is 2.38 bits per heavy atom. The van der Waals surface area contributed by atoms with E-state index in [1.165, 1.54) is 0 Å². The molecule has 2 heterocycles. The lowest BCUT2D eigenvalue weighted by atomic mass is 10.0. The number of carboxylic acid groups (broad SMARTS) is 1. The second-order valence-electron chi connectivity index (χ2n) is 5.38. The highest BCUT2D eigenvalue weighted by atomic mass is 16.4. The van der Waals surface area contributed by atoms with E-state index in [0.29, 0.717) is 25.2 Å². The van der Waals surface area contributed by atoms with E-state index in [0.717, 1.165) is 12.8 Å². The summed E-state index contributed by atoms with van der Waals surface area (Å²) in [6.45, 7) is 2.56. The summed E-state index contributed by atoms with van der Waals surface area (Å²) in [4.78, 5) is 25.4. The fourth-order valence-electron chi connectivity index (χ4n) is 2.61. The number of carboxylic acids is 1. The molecular weight excluding hydrogens is 272 g/mol. The molecule has 0 aliphatic carbocycles. The third kappa shape index (κ3) is 3.60. The van der Waals surface area contributed by atoms with Crippen LogP contribution < -0.4 is 10.2 Å². The summed E-state index contributed by atoms with van der Waals surface area (Å²) in [5.74, 6) is -0.377. The van der Waals surface area contributed by atoms with E-state index in [2.05, 4.69) is 10.4 Å². The highest BCUT2D eigenvalue weighted by Crippen LogP contribution is 2.19. The number of aryl methyl sites for hydroxylation is 1. The smallest absolute Gasteiger partial charge is 0.320 e. The predicted molar refractivity (Wildman–Crippen MR) is 78.1 cm³/mol. The van der Waals surface area contributed by atoms with E-state index in [1.807, 2.05) is 6.92 Å². The van der Waals surface area contributed by atoms with Crippen molar-refractivity contribution in [2.45, 2.75) is 44.7 Å². The van der Waals surface area contributed by atoms with E-state index in [4.69, 9.17) is 0 Å². The van der Waals surface area contributed by atoms with Crippen molar-refractivity contribution >= 4 is 17.7 Å². The Bertz CT molecular complexity index is 514. The van der Waals surface area contributed by atoms with Crippen molar-refractivity contribution < 1.29 is 14.7 Å². The van der Waals surface area contributed by atoms with Crippen LogP contribution in [-0.4, -0.2) is 45.4 Å². The van der Waals surface area contributed by atoms with Crippen molar-refractivity contribution in [3.05, 3.63) is 12.3 Å². The van der Waals surface area contributed by atoms with Crippen molar-refractivity contribution in [3.63, 3.8) is 0 Å². The third-order valence-corrected chi connectivity index (χ3v) is 3.69. The van der Waals surface area contributed by atoms with E-state index < -0.39 is 18.1 Å². The molecule has 7 nitrogen and oxygen atoms in total. The van der Waals surface area contributed by atoms with Gasteiger partial charge in [0.25, 0.3) is 0 Å². The van der Waals surface area contributed by atoms with E-state index in [9.17, 15) is 14.7 Å². The minimum atomic E-state index is -0.903. The number of aromatic nitrogens is 2. The number of nitrogens with zero attached hydrogens (tertiary/aromatic N) is 3. The Morgan fingerprint density at radius 1 is 1.62 bits per heavy atom. The van der Waals surface area contributed by atoms with Gasteiger partial charge in [-0.3, -0.25) is 24.5 Å². The van der Waals surface area contributed by atoms with Gasteiger partial charge in [0.05, 0.1) is 6.04 Å². The molecule has 1 aliphatic heterocycles. The minimum Gasteiger partial charge on any atom is -0.480 e. The molecule has 2 rings (SSSR count). The molecule has 7 heteroatoms. The van der Waals surface area contributed by atoms with E-state index in [-0.39, 0.29) is 5.91 Å². The number of piperidine rings is 1. The maximum Gasteiger partial charge on any atom is 0.320 e. The minimum absolute atomic E-state index is 0.0951. The lowest BCUT2D eigenvalue weighted by molar-refractivity contribution is -0.140. The molecule has 2 N–H and O–H groups in total. The molecule has 1 saturated heterocycles. The second-order valence-corrected chi connectivity index (χ2v) is 5.38. The van der Waals surface area contributed by atoms with Gasteiger partial charge in [-0.15, -0.1) is 0 Å². The zero-order valence-electron chi connectivity index (χ0n) is 12.5. The number of nitrogens with one attached hydrogen (secondary N) is 1. The van der Waals surface area contributed by atoms with Crippen LogP contribution in [0.4, 0.5) is 5.82 Å². The first-order valence-electron chi connectivity index (χ1n) is 7.32. The fourth-order valence-corrected chi connectivity index (χ4v) is 2.61. The second kappa shape index (κ2) is 6.71. The number of carbonyl (C=O) groups is 2. The van der Waals surface area contributed by atoms with Crippen molar-refractivity contribution in [3.8, 4) is 0 Å². The van der Waals surface area contributed by atoms with E-state index >= 15 is 0 Å². The van der Waals surface area contributed by atoms with Crippen LogP contribution >= 0.6 is 0 Å². The number of amides is 1. The molecule has 1 aromatic heterocycles. The van der Waals surface area contributed by atoms with Crippen LogP contribution in [0.1, 0.15) is 32.6 Å². The Labute approximate surface area is 123 Å². The van der Waals surface area contributed by atoms with Gasteiger partial charge in [0.1, 0.15) is 6.04 Å². The Balaban J connectivity index is 2.07. The molecule has 1 aromatic rings. The number of carbonyl (C=O) groups excluding carboxylic acids is 1. The Hall–Kier alpha value is -1.89. The summed E-state index contributed by atoms with van der Waals surface area (Å²) in [6.07, 6.45) is 4.56. The van der Waals surface area contributed by atoms with Crippen LogP contribution in [0.2, 0.25) is 0 Å². The molecule has 0 aromatic carbocycles. The summed E-state index contributed by atoms with van der Waals surface area (Å²) in [5.41, 5.74) is 0.